The van der Waals surface area contributed by atoms with Gasteiger partial charge in [-0.25, -0.2) is 4.79 Å². The third-order valence-electron chi connectivity index (χ3n) is 4.78. The molecule has 0 aliphatic carbocycles. The molecule has 2 rings (SSSR count). The van der Waals surface area contributed by atoms with Crippen LogP contribution in [-0.4, -0.2) is 22.7 Å². The maximum atomic E-state index is 12.5. The van der Waals surface area contributed by atoms with Crippen LogP contribution in [0.5, 0.6) is 0 Å². The third kappa shape index (κ3) is 6.41. The highest BCUT2D eigenvalue weighted by atomic mass is 16.5. The molecule has 0 heterocycles. The maximum absolute atomic E-state index is 12.5. The van der Waals surface area contributed by atoms with Crippen LogP contribution in [0.1, 0.15) is 38.3 Å². The number of ether oxygens (including phenoxy) is 1. The SMILES string of the molecule is CC(C)C[C@](C)(NC(=O)OCc1ccccc1)[C@H](Cc1ccccc1)C(=O)O. The van der Waals surface area contributed by atoms with Gasteiger partial charge in [0.25, 0.3) is 0 Å². The number of carboxylic acids is 1. The molecule has 0 saturated heterocycles. The fourth-order valence-electron chi connectivity index (χ4n) is 3.56. The predicted octanol–water partition coefficient (Wildman–Crippen LogP) is 4.66. The standard InChI is InChI=1S/C23H29NO4/c1-17(2)15-23(3,20(21(25)26)14-18-10-6-4-7-11-18)24-22(27)28-16-19-12-8-5-9-13-19/h4-13,17,20H,14-16H2,1-3H3,(H,24,27)(H,25,26)/t20-,23+/m1/s1. The molecular weight excluding hydrogens is 354 g/mol. The van der Waals surface area contributed by atoms with Crippen molar-refractivity contribution in [3.05, 3.63) is 71.8 Å². The highest BCUT2D eigenvalue weighted by Gasteiger charge is 2.41. The number of carbonyl (C=O) groups excluding carboxylic acids is 1. The van der Waals surface area contributed by atoms with Gasteiger partial charge in [-0.3, -0.25) is 4.79 Å². The van der Waals surface area contributed by atoms with E-state index in [0.717, 1.165) is 11.1 Å². The van der Waals surface area contributed by atoms with Crippen LogP contribution in [0.25, 0.3) is 0 Å². The lowest BCUT2D eigenvalue weighted by atomic mass is 9.76. The van der Waals surface area contributed by atoms with Gasteiger partial charge in [0.15, 0.2) is 0 Å². The summed E-state index contributed by atoms with van der Waals surface area (Å²) in [7, 11) is 0. The molecule has 0 aliphatic rings. The van der Waals surface area contributed by atoms with Gasteiger partial charge in [-0.15, -0.1) is 0 Å². The number of aliphatic carboxylic acids is 1. The van der Waals surface area contributed by atoms with Gasteiger partial charge in [-0.1, -0.05) is 74.5 Å². The molecule has 0 aliphatic heterocycles. The summed E-state index contributed by atoms with van der Waals surface area (Å²) < 4.78 is 5.34. The van der Waals surface area contributed by atoms with Crippen LogP contribution < -0.4 is 5.32 Å². The summed E-state index contributed by atoms with van der Waals surface area (Å²) in [6.45, 7) is 5.95. The predicted molar refractivity (Wildman–Crippen MR) is 109 cm³/mol. The number of carboxylic acid groups (broad SMARTS) is 1. The van der Waals surface area contributed by atoms with E-state index in [0.29, 0.717) is 12.8 Å². The zero-order valence-electron chi connectivity index (χ0n) is 16.7. The molecule has 0 fully saturated rings. The molecule has 5 heteroatoms. The third-order valence-corrected chi connectivity index (χ3v) is 4.78. The lowest BCUT2D eigenvalue weighted by molar-refractivity contribution is -0.144. The van der Waals surface area contributed by atoms with E-state index in [1.165, 1.54) is 0 Å². The first-order valence-electron chi connectivity index (χ1n) is 9.56. The number of hydrogen-bond acceptors (Lipinski definition) is 3. The Morgan fingerprint density at radius 1 is 1.00 bits per heavy atom. The Morgan fingerprint density at radius 3 is 2.04 bits per heavy atom. The second-order valence-electron chi connectivity index (χ2n) is 7.78. The Kier molecular flexibility index (Phi) is 7.61. The number of nitrogens with one attached hydrogen (secondary N) is 1. The molecule has 2 atom stereocenters. The highest BCUT2D eigenvalue weighted by molar-refractivity contribution is 5.75. The van der Waals surface area contributed by atoms with Gasteiger partial charge in [0.1, 0.15) is 6.61 Å². The van der Waals surface area contributed by atoms with Gasteiger partial charge in [0.05, 0.1) is 11.5 Å². The summed E-state index contributed by atoms with van der Waals surface area (Å²) in [4.78, 5) is 24.6. The normalized spacial score (nSPS) is 14.1. The van der Waals surface area contributed by atoms with E-state index in [9.17, 15) is 14.7 Å². The Morgan fingerprint density at radius 2 is 1.54 bits per heavy atom. The molecule has 0 radical (unpaired) electrons. The summed E-state index contributed by atoms with van der Waals surface area (Å²) in [5.74, 6) is -1.51. The number of rotatable bonds is 9. The van der Waals surface area contributed by atoms with Gasteiger partial charge in [0.2, 0.25) is 0 Å². The second kappa shape index (κ2) is 9.93. The smallest absolute Gasteiger partial charge is 0.407 e. The Labute approximate surface area is 166 Å². The zero-order chi connectivity index (χ0) is 20.6. The zero-order valence-corrected chi connectivity index (χ0v) is 16.7. The Hall–Kier alpha value is -2.82. The van der Waals surface area contributed by atoms with Crippen molar-refractivity contribution in [1.29, 1.82) is 0 Å². The molecule has 28 heavy (non-hydrogen) atoms. The quantitative estimate of drug-likeness (QED) is 0.660. The molecule has 0 unspecified atom stereocenters. The molecule has 150 valence electrons. The average Bonchev–Trinajstić information content (AvgIpc) is 2.65. The van der Waals surface area contributed by atoms with E-state index < -0.39 is 23.5 Å². The van der Waals surface area contributed by atoms with Gasteiger partial charge < -0.3 is 15.2 Å². The summed E-state index contributed by atoms with van der Waals surface area (Å²) in [5.41, 5.74) is 0.857. The van der Waals surface area contributed by atoms with E-state index in [4.69, 9.17) is 4.74 Å². The number of amides is 1. The van der Waals surface area contributed by atoms with Crippen molar-refractivity contribution in [2.75, 3.05) is 0 Å². The molecule has 1 amide bonds. The number of carbonyl (C=O) groups is 2. The van der Waals surface area contributed by atoms with Crippen LogP contribution in [0.2, 0.25) is 0 Å². The first-order chi connectivity index (χ1) is 13.3. The lowest BCUT2D eigenvalue weighted by Gasteiger charge is -2.37. The van der Waals surface area contributed by atoms with Crippen LogP contribution in [0, 0.1) is 11.8 Å². The van der Waals surface area contributed by atoms with Crippen molar-refractivity contribution in [1.82, 2.24) is 5.32 Å². The maximum Gasteiger partial charge on any atom is 0.407 e. The lowest BCUT2D eigenvalue weighted by Crippen LogP contribution is -2.55. The minimum absolute atomic E-state index is 0.140. The minimum atomic E-state index is -0.941. The van der Waals surface area contributed by atoms with E-state index in [2.05, 4.69) is 5.32 Å². The molecule has 2 aromatic rings. The molecule has 5 nitrogen and oxygen atoms in total. The van der Waals surface area contributed by atoms with Crippen LogP contribution in [0.15, 0.2) is 60.7 Å². The Bertz CT molecular complexity index is 761. The summed E-state index contributed by atoms with van der Waals surface area (Å²) in [6, 6.07) is 18.9. The summed E-state index contributed by atoms with van der Waals surface area (Å²) in [5, 5.41) is 12.8. The van der Waals surface area contributed by atoms with E-state index in [1.807, 2.05) is 74.5 Å². The molecular formula is C23H29NO4. The van der Waals surface area contributed by atoms with Gasteiger partial charge in [-0.2, -0.15) is 0 Å². The van der Waals surface area contributed by atoms with Crippen molar-refractivity contribution in [3.63, 3.8) is 0 Å². The van der Waals surface area contributed by atoms with Crippen molar-refractivity contribution < 1.29 is 19.4 Å². The molecule has 0 saturated carbocycles. The first kappa shape index (κ1) is 21.5. The van der Waals surface area contributed by atoms with Crippen molar-refractivity contribution in [3.8, 4) is 0 Å². The monoisotopic (exact) mass is 383 g/mol. The Balaban J connectivity index is 2.14. The summed E-state index contributed by atoms with van der Waals surface area (Å²) >= 11 is 0. The molecule has 2 aromatic carbocycles. The second-order valence-corrected chi connectivity index (χ2v) is 7.78. The van der Waals surface area contributed by atoms with Crippen molar-refractivity contribution in [2.24, 2.45) is 11.8 Å². The van der Waals surface area contributed by atoms with Crippen molar-refractivity contribution >= 4 is 12.1 Å². The average molecular weight is 383 g/mol. The number of benzene rings is 2. The molecule has 0 aromatic heterocycles. The number of hydrogen-bond donors (Lipinski definition) is 2. The minimum Gasteiger partial charge on any atom is -0.481 e. The van der Waals surface area contributed by atoms with E-state index >= 15 is 0 Å². The molecule has 0 bridgehead atoms. The van der Waals surface area contributed by atoms with Gasteiger partial charge in [-0.05, 0) is 36.8 Å². The van der Waals surface area contributed by atoms with Gasteiger partial charge >= 0.3 is 12.1 Å². The van der Waals surface area contributed by atoms with E-state index in [1.54, 1.807) is 6.92 Å². The highest BCUT2D eigenvalue weighted by Crippen LogP contribution is 2.29. The van der Waals surface area contributed by atoms with Crippen LogP contribution in [0.3, 0.4) is 0 Å². The summed E-state index contributed by atoms with van der Waals surface area (Å²) in [6.07, 6.45) is 0.251. The van der Waals surface area contributed by atoms with E-state index in [-0.39, 0.29) is 12.5 Å². The van der Waals surface area contributed by atoms with Gasteiger partial charge in [0, 0.05) is 0 Å². The largest absolute Gasteiger partial charge is 0.481 e. The molecule has 0 spiro atoms. The number of alkyl carbamates (subject to hydrolysis) is 1. The molecule has 2 N–H and O–H groups in total. The fraction of sp³-hybridized carbons (Fsp3) is 0.391. The van der Waals surface area contributed by atoms with Crippen LogP contribution >= 0.6 is 0 Å². The first-order valence-corrected chi connectivity index (χ1v) is 9.56. The topological polar surface area (TPSA) is 75.6 Å². The van der Waals surface area contributed by atoms with Crippen LogP contribution in [0.4, 0.5) is 4.79 Å². The fourth-order valence-corrected chi connectivity index (χ4v) is 3.56. The van der Waals surface area contributed by atoms with Crippen molar-refractivity contribution in [2.45, 2.75) is 45.8 Å². The van der Waals surface area contributed by atoms with Crippen LogP contribution in [-0.2, 0) is 22.6 Å².